The third kappa shape index (κ3) is 6.78. The van der Waals surface area contributed by atoms with Gasteiger partial charge in [0.05, 0.1) is 6.42 Å². The highest BCUT2D eigenvalue weighted by Gasteiger charge is 2.56. The number of rotatable bonds is 8. The summed E-state index contributed by atoms with van der Waals surface area (Å²) < 4.78 is 126. The molecule has 1 atom stereocenters. The average molecular weight is 420 g/mol. The molecule has 0 aromatic heterocycles. The normalized spacial score (nSPS) is 14.5. The van der Waals surface area contributed by atoms with Crippen LogP contribution >= 0.6 is 0 Å². The monoisotopic (exact) mass is 420 g/mol. The van der Waals surface area contributed by atoms with E-state index >= 15 is 0 Å². The van der Waals surface area contributed by atoms with Crippen molar-refractivity contribution in [3.8, 4) is 0 Å². The third-order valence-corrected chi connectivity index (χ3v) is 3.31. The number of esters is 2. The molecule has 0 rings (SSSR count). The molecule has 15 heteroatoms. The lowest BCUT2D eigenvalue weighted by molar-refractivity contribution is -0.221. The van der Waals surface area contributed by atoms with E-state index in [0.717, 1.165) is 6.92 Å². The van der Waals surface area contributed by atoms with Gasteiger partial charge in [0.15, 0.2) is 12.7 Å². The highest BCUT2D eigenvalue weighted by molar-refractivity contribution is 7.86. The number of alkyl halides is 7. The van der Waals surface area contributed by atoms with Gasteiger partial charge in [-0.05, 0) is 6.92 Å². The summed E-state index contributed by atoms with van der Waals surface area (Å²) in [5, 5.41) is -5.20. The molecule has 0 aliphatic heterocycles. The lowest BCUT2D eigenvalue weighted by Crippen LogP contribution is -2.48. The van der Waals surface area contributed by atoms with Crippen molar-refractivity contribution in [1.29, 1.82) is 0 Å². The molecule has 1 N–H and O–H groups in total. The summed E-state index contributed by atoms with van der Waals surface area (Å²) in [6.45, 7) is 1.18. The van der Waals surface area contributed by atoms with Gasteiger partial charge in [0.25, 0.3) is 0 Å². The summed E-state index contributed by atoms with van der Waals surface area (Å²) in [7, 11) is -6.16. The van der Waals surface area contributed by atoms with Crippen molar-refractivity contribution < 1.29 is 62.8 Å². The second-order valence-electron chi connectivity index (χ2n) is 4.81. The smallest absolute Gasteiger partial charge is 0.402 e. The van der Waals surface area contributed by atoms with Crippen LogP contribution in [0.5, 0.6) is 0 Å². The topological polar surface area (TPSA) is 107 Å². The minimum Gasteiger partial charge on any atom is -0.453 e. The molecule has 0 aliphatic carbocycles. The summed E-state index contributed by atoms with van der Waals surface area (Å²) in [5.74, 6) is -10.1. The number of halogens is 7. The van der Waals surface area contributed by atoms with E-state index in [1.165, 1.54) is 0 Å². The first-order valence-corrected chi connectivity index (χ1v) is 7.58. The van der Waals surface area contributed by atoms with E-state index in [2.05, 4.69) is 16.1 Å². The summed E-state index contributed by atoms with van der Waals surface area (Å²) in [5.41, 5.74) is -0.612. The predicted molar refractivity (Wildman–Crippen MR) is 67.8 cm³/mol. The van der Waals surface area contributed by atoms with E-state index in [-0.39, 0.29) is 0 Å². The number of ether oxygens (including phenoxy) is 2. The molecule has 7 nitrogen and oxygen atoms in total. The van der Waals surface area contributed by atoms with Gasteiger partial charge in [0.2, 0.25) is 0 Å². The number of carbonyl (C=O) groups excluding carboxylic acids is 2. The van der Waals surface area contributed by atoms with Crippen LogP contribution in [0.4, 0.5) is 30.7 Å². The number of hydrogen-bond acceptors (Lipinski definition) is 6. The Hall–Kier alpha value is -1.90. The lowest BCUT2D eigenvalue weighted by Gasteiger charge is -2.26. The van der Waals surface area contributed by atoms with E-state index in [0.29, 0.717) is 0 Å². The molecule has 0 heterocycles. The van der Waals surface area contributed by atoms with Crippen LogP contribution in [0.15, 0.2) is 12.2 Å². The Kier molecular flexibility index (Phi) is 7.20. The van der Waals surface area contributed by atoms with E-state index in [9.17, 15) is 48.7 Å². The number of carbonyl (C=O) groups is 2. The molecule has 0 spiro atoms. The zero-order valence-electron chi connectivity index (χ0n) is 12.6. The molecule has 0 bridgehead atoms. The molecule has 0 fully saturated rings. The van der Waals surface area contributed by atoms with Gasteiger partial charge in [-0.25, -0.2) is 9.59 Å². The third-order valence-electron chi connectivity index (χ3n) is 2.44. The minimum absolute atomic E-state index is 0.612. The summed E-state index contributed by atoms with van der Waals surface area (Å²) in [6, 6.07) is 0. The standard InChI is InChI=1S/C11H11F7O7S/c1-5(2)7(19)25-6(3-9(12,13)14)11(17,18)8(20)24-4-10(15,16)26(21,22)23/h6H,1,3-4H2,2H3,(H,21,22,23). The fourth-order valence-corrected chi connectivity index (χ4v) is 1.34. The Morgan fingerprint density at radius 1 is 1.12 bits per heavy atom. The van der Waals surface area contributed by atoms with Crippen LogP contribution in [-0.4, -0.2) is 55.0 Å². The molecule has 0 saturated heterocycles. The molecule has 0 radical (unpaired) electrons. The molecular formula is C11H11F7O7S. The van der Waals surface area contributed by atoms with Crippen molar-refractivity contribution in [2.45, 2.75) is 36.8 Å². The molecule has 0 saturated carbocycles. The Morgan fingerprint density at radius 3 is 1.92 bits per heavy atom. The Labute approximate surface area is 141 Å². The van der Waals surface area contributed by atoms with E-state index in [1.807, 2.05) is 0 Å². The molecule has 0 aromatic carbocycles. The van der Waals surface area contributed by atoms with Crippen LogP contribution < -0.4 is 0 Å². The van der Waals surface area contributed by atoms with Crippen molar-refractivity contribution in [3.63, 3.8) is 0 Å². The second kappa shape index (κ2) is 7.77. The fourth-order valence-electron chi connectivity index (χ4n) is 1.14. The van der Waals surface area contributed by atoms with E-state index < -0.39 is 64.1 Å². The maximum Gasteiger partial charge on any atom is 0.402 e. The van der Waals surface area contributed by atoms with Crippen LogP contribution in [0.1, 0.15) is 13.3 Å². The second-order valence-corrected chi connectivity index (χ2v) is 6.35. The quantitative estimate of drug-likeness (QED) is 0.277. The average Bonchev–Trinajstić information content (AvgIpc) is 2.40. The molecule has 152 valence electrons. The van der Waals surface area contributed by atoms with Gasteiger partial charge in [-0.3, -0.25) is 4.55 Å². The largest absolute Gasteiger partial charge is 0.453 e. The van der Waals surface area contributed by atoms with Crippen LogP contribution in [0.3, 0.4) is 0 Å². The SMILES string of the molecule is C=C(C)C(=O)OC(CC(F)(F)F)C(F)(F)C(=O)OCC(F)(F)S(=O)(=O)O. The first-order chi connectivity index (χ1) is 11.3. The minimum atomic E-state index is -6.16. The fraction of sp³-hybridized carbons (Fsp3) is 0.636. The van der Waals surface area contributed by atoms with Gasteiger partial charge in [0, 0.05) is 5.57 Å². The maximum atomic E-state index is 13.8. The summed E-state index contributed by atoms with van der Waals surface area (Å²) >= 11 is 0. The van der Waals surface area contributed by atoms with Crippen molar-refractivity contribution in [3.05, 3.63) is 12.2 Å². The van der Waals surface area contributed by atoms with Crippen LogP contribution in [0, 0.1) is 0 Å². The highest BCUT2D eigenvalue weighted by atomic mass is 32.2. The van der Waals surface area contributed by atoms with E-state index in [1.54, 1.807) is 0 Å². The van der Waals surface area contributed by atoms with Crippen LogP contribution in [0.25, 0.3) is 0 Å². The van der Waals surface area contributed by atoms with Crippen molar-refractivity contribution in [2.75, 3.05) is 6.61 Å². The van der Waals surface area contributed by atoms with Crippen LogP contribution in [-0.2, 0) is 29.2 Å². The Morgan fingerprint density at radius 2 is 1.58 bits per heavy atom. The Balaban J connectivity index is 5.47. The van der Waals surface area contributed by atoms with Gasteiger partial charge in [-0.15, -0.1) is 0 Å². The molecule has 0 amide bonds. The maximum absolute atomic E-state index is 13.8. The van der Waals surface area contributed by atoms with Crippen molar-refractivity contribution in [1.82, 2.24) is 0 Å². The van der Waals surface area contributed by atoms with Crippen molar-refractivity contribution in [2.24, 2.45) is 0 Å². The van der Waals surface area contributed by atoms with Crippen molar-refractivity contribution >= 4 is 22.1 Å². The molecule has 0 aromatic rings. The van der Waals surface area contributed by atoms with Crippen LogP contribution in [0.2, 0.25) is 0 Å². The number of hydrogen-bond donors (Lipinski definition) is 1. The summed E-state index contributed by atoms with van der Waals surface area (Å²) in [4.78, 5) is 22.3. The summed E-state index contributed by atoms with van der Waals surface area (Å²) in [6.07, 6.45) is -11.4. The molecular weight excluding hydrogens is 409 g/mol. The Bertz CT molecular complexity index is 669. The van der Waals surface area contributed by atoms with E-state index in [4.69, 9.17) is 4.55 Å². The highest BCUT2D eigenvalue weighted by Crippen LogP contribution is 2.34. The molecule has 1 unspecified atom stereocenters. The first-order valence-electron chi connectivity index (χ1n) is 6.14. The molecule has 26 heavy (non-hydrogen) atoms. The lowest BCUT2D eigenvalue weighted by atomic mass is 10.1. The van der Waals surface area contributed by atoms with Gasteiger partial charge in [0.1, 0.15) is 0 Å². The predicted octanol–water partition coefficient (Wildman–Crippen LogP) is 2.09. The zero-order valence-corrected chi connectivity index (χ0v) is 13.5. The zero-order chi connectivity index (χ0) is 21.1. The first kappa shape index (κ1) is 24.1. The van der Waals surface area contributed by atoms with Gasteiger partial charge < -0.3 is 9.47 Å². The van der Waals surface area contributed by atoms with Gasteiger partial charge >= 0.3 is 39.4 Å². The molecule has 0 aliphatic rings. The van der Waals surface area contributed by atoms with Gasteiger partial charge in [-0.2, -0.15) is 39.2 Å². The van der Waals surface area contributed by atoms with Gasteiger partial charge in [-0.1, -0.05) is 6.58 Å².